The van der Waals surface area contributed by atoms with Crippen LogP contribution in [-0.4, -0.2) is 53.1 Å². The molecule has 1 saturated heterocycles. The lowest BCUT2D eigenvalue weighted by Crippen LogP contribution is -2.42. The zero-order chi connectivity index (χ0) is 15.2. The maximum Gasteiger partial charge on any atom is 0.337 e. The molecule has 1 aliphatic heterocycles. The SMILES string of the molecule is COC(=O)c1ccc(CN2CCSCC2CC(=O)O)cc1. The highest BCUT2D eigenvalue weighted by Gasteiger charge is 2.24. The summed E-state index contributed by atoms with van der Waals surface area (Å²) in [4.78, 5) is 24.5. The van der Waals surface area contributed by atoms with Gasteiger partial charge in [0.05, 0.1) is 19.1 Å². The lowest BCUT2D eigenvalue weighted by Gasteiger charge is -2.34. The minimum absolute atomic E-state index is 0.0709. The van der Waals surface area contributed by atoms with Gasteiger partial charge in [-0.05, 0) is 17.7 Å². The number of hydrogen-bond acceptors (Lipinski definition) is 5. The van der Waals surface area contributed by atoms with Gasteiger partial charge in [-0.3, -0.25) is 9.69 Å². The zero-order valence-corrected chi connectivity index (χ0v) is 12.8. The molecular weight excluding hydrogens is 290 g/mol. The molecule has 1 aromatic rings. The smallest absolute Gasteiger partial charge is 0.337 e. The summed E-state index contributed by atoms with van der Waals surface area (Å²) in [5.74, 6) is 0.774. The van der Waals surface area contributed by atoms with Crippen LogP contribution in [0.3, 0.4) is 0 Å². The Balaban J connectivity index is 2.01. The van der Waals surface area contributed by atoms with E-state index < -0.39 is 5.97 Å². The number of methoxy groups -OCH3 is 1. The predicted molar refractivity (Wildman–Crippen MR) is 81.6 cm³/mol. The van der Waals surface area contributed by atoms with Gasteiger partial charge in [-0.2, -0.15) is 11.8 Å². The van der Waals surface area contributed by atoms with Crippen LogP contribution in [0, 0.1) is 0 Å². The van der Waals surface area contributed by atoms with Crippen LogP contribution in [0.4, 0.5) is 0 Å². The van der Waals surface area contributed by atoms with E-state index in [0.29, 0.717) is 12.1 Å². The number of hydrogen-bond donors (Lipinski definition) is 1. The Kier molecular flexibility index (Phi) is 5.64. The molecule has 0 radical (unpaired) electrons. The van der Waals surface area contributed by atoms with E-state index in [9.17, 15) is 9.59 Å². The lowest BCUT2D eigenvalue weighted by molar-refractivity contribution is -0.138. The van der Waals surface area contributed by atoms with Crippen LogP contribution in [-0.2, 0) is 16.1 Å². The Morgan fingerprint density at radius 1 is 1.38 bits per heavy atom. The number of carboxylic acids is 1. The van der Waals surface area contributed by atoms with Gasteiger partial charge in [0.15, 0.2) is 0 Å². The summed E-state index contributed by atoms with van der Waals surface area (Å²) in [7, 11) is 1.36. The molecular formula is C15H19NO4S. The fourth-order valence-corrected chi connectivity index (χ4v) is 3.52. The molecule has 1 fully saturated rings. The molecule has 1 heterocycles. The Morgan fingerprint density at radius 2 is 2.10 bits per heavy atom. The fraction of sp³-hybridized carbons (Fsp3) is 0.467. The monoisotopic (exact) mass is 309 g/mol. The van der Waals surface area contributed by atoms with Crippen molar-refractivity contribution >= 4 is 23.7 Å². The Labute approximate surface area is 128 Å². The van der Waals surface area contributed by atoms with Gasteiger partial charge >= 0.3 is 11.9 Å². The molecule has 114 valence electrons. The van der Waals surface area contributed by atoms with Crippen molar-refractivity contribution in [3.05, 3.63) is 35.4 Å². The Bertz CT molecular complexity index is 503. The van der Waals surface area contributed by atoms with Crippen LogP contribution in [0.1, 0.15) is 22.3 Å². The highest BCUT2D eigenvalue weighted by molar-refractivity contribution is 7.99. The summed E-state index contributed by atoms with van der Waals surface area (Å²) >= 11 is 1.80. The van der Waals surface area contributed by atoms with Gasteiger partial charge in [-0.25, -0.2) is 4.79 Å². The van der Waals surface area contributed by atoms with Crippen molar-refractivity contribution in [1.29, 1.82) is 0 Å². The van der Waals surface area contributed by atoms with Crippen LogP contribution >= 0.6 is 11.8 Å². The molecule has 1 N–H and O–H groups in total. The van der Waals surface area contributed by atoms with E-state index in [1.807, 2.05) is 12.1 Å². The second-order valence-corrected chi connectivity index (χ2v) is 6.14. The lowest BCUT2D eigenvalue weighted by atomic mass is 10.1. The summed E-state index contributed by atoms with van der Waals surface area (Å²) in [6.07, 6.45) is 0.174. The van der Waals surface area contributed by atoms with Crippen molar-refractivity contribution in [2.24, 2.45) is 0 Å². The van der Waals surface area contributed by atoms with Crippen LogP contribution in [0.2, 0.25) is 0 Å². The Morgan fingerprint density at radius 3 is 2.71 bits per heavy atom. The minimum Gasteiger partial charge on any atom is -0.481 e. The number of ether oxygens (including phenoxy) is 1. The first-order valence-electron chi connectivity index (χ1n) is 6.81. The number of carbonyl (C=O) groups excluding carboxylic acids is 1. The minimum atomic E-state index is -0.756. The molecule has 1 aliphatic rings. The third-order valence-electron chi connectivity index (χ3n) is 3.52. The normalized spacial score (nSPS) is 19.2. The van der Waals surface area contributed by atoms with Gasteiger partial charge in [0.2, 0.25) is 0 Å². The van der Waals surface area contributed by atoms with Gasteiger partial charge in [0.1, 0.15) is 0 Å². The second kappa shape index (κ2) is 7.47. The summed E-state index contributed by atoms with van der Waals surface area (Å²) in [6.45, 7) is 1.60. The van der Waals surface area contributed by atoms with E-state index in [1.54, 1.807) is 23.9 Å². The largest absolute Gasteiger partial charge is 0.481 e. The molecule has 5 nitrogen and oxygen atoms in total. The highest BCUT2D eigenvalue weighted by Crippen LogP contribution is 2.21. The topological polar surface area (TPSA) is 66.8 Å². The van der Waals surface area contributed by atoms with Crippen molar-refractivity contribution in [2.75, 3.05) is 25.2 Å². The molecule has 6 heteroatoms. The number of aliphatic carboxylic acids is 1. The van der Waals surface area contributed by atoms with E-state index in [0.717, 1.165) is 23.6 Å². The molecule has 0 aliphatic carbocycles. The summed E-state index contributed by atoms with van der Waals surface area (Å²) in [6, 6.07) is 7.34. The van der Waals surface area contributed by atoms with Crippen LogP contribution in [0.15, 0.2) is 24.3 Å². The van der Waals surface area contributed by atoms with Gasteiger partial charge in [-0.15, -0.1) is 0 Å². The maximum atomic E-state index is 11.4. The summed E-state index contributed by atoms with van der Waals surface area (Å²) in [5.41, 5.74) is 1.60. The van der Waals surface area contributed by atoms with Crippen molar-refractivity contribution in [1.82, 2.24) is 4.90 Å². The van der Waals surface area contributed by atoms with Crippen molar-refractivity contribution in [3.63, 3.8) is 0 Å². The van der Waals surface area contributed by atoms with Crippen molar-refractivity contribution in [3.8, 4) is 0 Å². The molecule has 0 aromatic heterocycles. The molecule has 0 saturated carbocycles. The van der Waals surface area contributed by atoms with Crippen LogP contribution in [0.5, 0.6) is 0 Å². The van der Waals surface area contributed by atoms with Gasteiger partial charge in [-0.1, -0.05) is 12.1 Å². The average molecular weight is 309 g/mol. The van der Waals surface area contributed by atoms with Crippen LogP contribution in [0.25, 0.3) is 0 Å². The quantitative estimate of drug-likeness (QED) is 0.838. The number of esters is 1. The predicted octanol–water partition coefficient (Wildman–Crippen LogP) is 1.87. The molecule has 2 rings (SSSR count). The van der Waals surface area contributed by atoms with Gasteiger partial charge < -0.3 is 9.84 Å². The van der Waals surface area contributed by atoms with E-state index in [2.05, 4.69) is 9.64 Å². The van der Waals surface area contributed by atoms with E-state index >= 15 is 0 Å². The standard InChI is InChI=1S/C15H19NO4S/c1-20-15(19)12-4-2-11(3-5-12)9-16-6-7-21-10-13(16)8-14(17)18/h2-5,13H,6-10H2,1H3,(H,17,18). The Hall–Kier alpha value is -1.53. The van der Waals surface area contributed by atoms with Gasteiger partial charge in [0, 0.05) is 30.6 Å². The molecule has 0 spiro atoms. The highest BCUT2D eigenvalue weighted by atomic mass is 32.2. The number of carbonyl (C=O) groups is 2. The first-order valence-corrected chi connectivity index (χ1v) is 7.96. The molecule has 21 heavy (non-hydrogen) atoms. The van der Waals surface area contributed by atoms with E-state index in [-0.39, 0.29) is 18.4 Å². The van der Waals surface area contributed by atoms with Crippen molar-refractivity contribution < 1.29 is 19.4 Å². The molecule has 0 bridgehead atoms. The van der Waals surface area contributed by atoms with Gasteiger partial charge in [0.25, 0.3) is 0 Å². The number of rotatable bonds is 5. The number of nitrogens with zero attached hydrogens (tertiary/aromatic N) is 1. The molecule has 1 aromatic carbocycles. The summed E-state index contributed by atoms with van der Waals surface area (Å²) in [5, 5.41) is 8.99. The number of benzene rings is 1. The fourth-order valence-electron chi connectivity index (χ4n) is 2.39. The van der Waals surface area contributed by atoms with Crippen molar-refractivity contribution in [2.45, 2.75) is 19.0 Å². The zero-order valence-electron chi connectivity index (χ0n) is 11.9. The van der Waals surface area contributed by atoms with E-state index in [4.69, 9.17) is 5.11 Å². The first-order chi connectivity index (χ1) is 10.1. The second-order valence-electron chi connectivity index (χ2n) is 4.99. The third kappa shape index (κ3) is 4.47. The summed E-state index contributed by atoms with van der Waals surface area (Å²) < 4.78 is 4.67. The number of carboxylic acid groups (broad SMARTS) is 1. The molecule has 0 amide bonds. The molecule has 1 unspecified atom stereocenters. The van der Waals surface area contributed by atoms with Crippen LogP contribution < -0.4 is 0 Å². The number of thioether (sulfide) groups is 1. The average Bonchev–Trinajstić information content (AvgIpc) is 2.49. The molecule has 1 atom stereocenters. The third-order valence-corrected chi connectivity index (χ3v) is 4.61. The van der Waals surface area contributed by atoms with E-state index in [1.165, 1.54) is 7.11 Å². The maximum absolute atomic E-state index is 11.4. The first kappa shape index (κ1) is 15.9.